The predicted molar refractivity (Wildman–Crippen MR) is 70.9 cm³/mol. The molecule has 0 radical (unpaired) electrons. The van der Waals surface area contributed by atoms with E-state index in [0.717, 1.165) is 10.9 Å². The van der Waals surface area contributed by atoms with E-state index < -0.39 is 9.05 Å². The Kier molecular flexibility index (Phi) is 2.79. The van der Waals surface area contributed by atoms with Crippen molar-refractivity contribution in [2.75, 3.05) is 5.73 Å². The fraction of sp³-hybridized carbons (Fsp3) is 0.167. The second kappa shape index (κ2) is 3.89. The maximum absolute atomic E-state index is 11.7. The maximum Gasteiger partial charge on any atom is 0.262 e. The fourth-order valence-corrected chi connectivity index (χ4v) is 3.53. The molecule has 0 saturated heterocycles. The van der Waals surface area contributed by atoms with Crippen molar-refractivity contribution in [2.24, 2.45) is 0 Å². The Morgan fingerprint density at radius 2 is 1.82 bits per heavy atom. The van der Waals surface area contributed by atoms with Crippen molar-refractivity contribution < 1.29 is 8.42 Å². The van der Waals surface area contributed by atoms with Crippen molar-refractivity contribution >= 4 is 36.2 Å². The molecule has 2 rings (SSSR count). The number of anilines is 1. The number of rotatable bonds is 1. The monoisotopic (exact) mass is 269 g/mol. The molecule has 90 valence electrons. The SMILES string of the molecule is Cc1cc2c(N)cccc2c(S(=O)(=O)Cl)c1C. The lowest BCUT2D eigenvalue weighted by molar-refractivity contribution is 0.610. The van der Waals surface area contributed by atoms with Gasteiger partial charge in [0.1, 0.15) is 0 Å². The molecular formula is C12H12ClNO2S. The van der Waals surface area contributed by atoms with Gasteiger partial charge in [-0.2, -0.15) is 0 Å². The minimum atomic E-state index is -3.78. The molecule has 0 fully saturated rings. The first-order chi connectivity index (χ1) is 7.82. The Morgan fingerprint density at radius 3 is 2.41 bits per heavy atom. The summed E-state index contributed by atoms with van der Waals surface area (Å²) in [5.74, 6) is 0. The second-order valence-corrected chi connectivity index (χ2v) is 6.53. The van der Waals surface area contributed by atoms with E-state index in [9.17, 15) is 8.42 Å². The normalized spacial score (nSPS) is 11.9. The van der Waals surface area contributed by atoms with E-state index in [2.05, 4.69) is 0 Å². The fourth-order valence-electron chi connectivity index (χ4n) is 1.96. The third-order valence-corrected chi connectivity index (χ3v) is 4.40. The topological polar surface area (TPSA) is 60.2 Å². The average molecular weight is 270 g/mol. The van der Waals surface area contributed by atoms with E-state index in [1.165, 1.54) is 0 Å². The summed E-state index contributed by atoms with van der Waals surface area (Å²) in [7, 11) is 1.72. The van der Waals surface area contributed by atoms with Crippen LogP contribution in [-0.2, 0) is 9.05 Å². The van der Waals surface area contributed by atoms with Crippen LogP contribution in [0.1, 0.15) is 11.1 Å². The van der Waals surface area contributed by atoms with Gasteiger partial charge in [-0.1, -0.05) is 12.1 Å². The molecule has 0 aliphatic rings. The zero-order valence-electron chi connectivity index (χ0n) is 9.49. The largest absolute Gasteiger partial charge is 0.398 e. The summed E-state index contributed by atoms with van der Waals surface area (Å²) >= 11 is 0. The van der Waals surface area contributed by atoms with Crippen LogP contribution in [0.2, 0.25) is 0 Å². The summed E-state index contributed by atoms with van der Waals surface area (Å²) in [4.78, 5) is 0.154. The van der Waals surface area contributed by atoms with Gasteiger partial charge >= 0.3 is 0 Å². The Balaban J connectivity index is 3.10. The molecule has 3 nitrogen and oxygen atoms in total. The molecular weight excluding hydrogens is 258 g/mol. The van der Waals surface area contributed by atoms with Crippen molar-refractivity contribution in [2.45, 2.75) is 18.7 Å². The molecule has 0 aromatic heterocycles. The first kappa shape index (κ1) is 12.2. The molecule has 0 spiro atoms. The summed E-state index contributed by atoms with van der Waals surface area (Å²) in [6.07, 6.45) is 0. The smallest absolute Gasteiger partial charge is 0.262 e. The van der Waals surface area contributed by atoms with E-state index in [0.29, 0.717) is 16.6 Å². The first-order valence-electron chi connectivity index (χ1n) is 5.05. The van der Waals surface area contributed by atoms with Crippen LogP contribution in [0.15, 0.2) is 29.2 Å². The maximum atomic E-state index is 11.7. The van der Waals surface area contributed by atoms with Gasteiger partial charge in [-0.3, -0.25) is 0 Å². The highest BCUT2D eigenvalue weighted by Gasteiger charge is 2.19. The summed E-state index contributed by atoms with van der Waals surface area (Å²) in [6.45, 7) is 3.58. The highest BCUT2D eigenvalue weighted by atomic mass is 35.7. The summed E-state index contributed by atoms with van der Waals surface area (Å²) in [5.41, 5.74) is 7.92. The van der Waals surface area contributed by atoms with E-state index >= 15 is 0 Å². The van der Waals surface area contributed by atoms with Gasteiger partial charge in [0.15, 0.2) is 0 Å². The molecule has 17 heavy (non-hydrogen) atoms. The summed E-state index contributed by atoms with van der Waals surface area (Å²) in [5, 5.41) is 1.29. The number of hydrogen-bond acceptors (Lipinski definition) is 3. The Labute approximate surface area is 105 Å². The Bertz CT molecular complexity index is 708. The predicted octanol–water partition coefficient (Wildman–Crippen LogP) is 2.97. The van der Waals surface area contributed by atoms with Gasteiger partial charge in [0, 0.05) is 27.1 Å². The van der Waals surface area contributed by atoms with E-state index in [1.807, 2.05) is 13.0 Å². The molecule has 2 aromatic carbocycles. The van der Waals surface area contributed by atoms with Crippen LogP contribution in [0.25, 0.3) is 10.8 Å². The van der Waals surface area contributed by atoms with E-state index in [1.54, 1.807) is 25.1 Å². The molecule has 0 saturated carbocycles. The lowest BCUT2D eigenvalue weighted by Gasteiger charge is -2.11. The summed E-state index contributed by atoms with van der Waals surface area (Å²) in [6, 6.07) is 7.05. The van der Waals surface area contributed by atoms with Gasteiger partial charge < -0.3 is 5.73 Å². The van der Waals surface area contributed by atoms with Crippen LogP contribution >= 0.6 is 10.7 Å². The number of halogens is 1. The molecule has 5 heteroatoms. The van der Waals surface area contributed by atoms with Gasteiger partial charge in [0.25, 0.3) is 9.05 Å². The van der Waals surface area contributed by atoms with E-state index in [4.69, 9.17) is 16.4 Å². The molecule has 0 unspecified atom stereocenters. The zero-order chi connectivity index (χ0) is 12.8. The van der Waals surface area contributed by atoms with Crippen LogP contribution in [0.4, 0.5) is 5.69 Å². The quantitative estimate of drug-likeness (QED) is 0.640. The lowest BCUT2D eigenvalue weighted by Crippen LogP contribution is -2.00. The highest BCUT2D eigenvalue weighted by Crippen LogP contribution is 2.33. The number of nitrogen functional groups attached to an aromatic ring is 1. The standard InChI is InChI=1S/C12H12ClNO2S/c1-7-6-10-9(4-3-5-11(10)14)12(8(7)2)17(13,15)16/h3-6H,14H2,1-2H3. The second-order valence-electron chi connectivity index (χ2n) is 4.03. The van der Waals surface area contributed by atoms with Gasteiger partial charge in [0.2, 0.25) is 0 Å². The van der Waals surface area contributed by atoms with Crippen molar-refractivity contribution in [3.63, 3.8) is 0 Å². The first-order valence-corrected chi connectivity index (χ1v) is 7.36. The minimum absolute atomic E-state index is 0.154. The van der Waals surface area contributed by atoms with Crippen LogP contribution in [-0.4, -0.2) is 8.42 Å². The van der Waals surface area contributed by atoms with E-state index in [-0.39, 0.29) is 4.90 Å². The van der Waals surface area contributed by atoms with Crippen LogP contribution < -0.4 is 5.73 Å². The molecule has 2 N–H and O–H groups in total. The number of nitrogens with two attached hydrogens (primary N) is 1. The zero-order valence-corrected chi connectivity index (χ0v) is 11.1. The molecule has 0 aliphatic carbocycles. The van der Waals surface area contributed by atoms with Gasteiger partial charge in [0.05, 0.1) is 4.90 Å². The van der Waals surface area contributed by atoms with Gasteiger partial charge in [-0.05, 0) is 37.1 Å². The van der Waals surface area contributed by atoms with Crippen LogP contribution in [0.3, 0.4) is 0 Å². The van der Waals surface area contributed by atoms with Gasteiger partial charge in [-0.15, -0.1) is 0 Å². The Hall–Kier alpha value is -1.26. The molecule has 0 amide bonds. The number of hydrogen-bond donors (Lipinski definition) is 1. The third-order valence-electron chi connectivity index (χ3n) is 2.92. The molecule has 0 heterocycles. The lowest BCUT2D eigenvalue weighted by atomic mass is 10.0. The van der Waals surface area contributed by atoms with Crippen molar-refractivity contribution in [3.8, 4) is 0 Å². The number of fused-ring (bicyclic) bond motifs is 1. The third kappa shape index (κ3) is 1.98. The summed E-state index contributed by atoms with van der Waals surface area (Å²) < 4.78 is 23.3. The minimum Gasteiger partial charge on any atom is -0.398 e. The van der Waals surface area contributed by atoms with Crippen molar-refractivity contribution in [1.82, 2.24) is 0 Å². The molecule has 0 bridgehead atoms. The van der Waals surface area contributed by atoms with Gasteiger partial charge in [-0.25, -0.2) is 8.42 Å². The van der Waals surface area contributed by atoms with Crippen molar-refractivity contribution in [3.05, 3.63) is 35.4 Å². The molecule has 0 atom stereocenters. The van der Waals surface area contributed by atoms with Crippen molar-refractivity contribution in [1.29, 1.82) is 0 Å². The van der Waals surface area contributed by atoms with Crippen LogP contribution in [0, 0.1) is 13.8 Å². The number of aryl methyl sites for hydroxylation is 1. The average Bonchev–Trinajstić information content (AvgIpc) is 2.19. The highest BCUT2D eigenvalue weighted by molar-refractivity contribution is 8.14. The molecule has 0 aliphatic heterocycles. The van der Waals surface area contributed by atoms with Crippen LogP contribution in [0.5, 0.6) is 0 Å². The Morgan fingerprint density at radius 1 is 1.18 bits per heavy atom. The molecule has 2 aromatic rings. The number of benzene rings is 2.